The second-order valence-corrected chi connectivity index (χ2v) is 5.26. The average Bonchev–Trinajstić information content (AvgIpc) is 2.45. The second kappa shape index (κ2) is 6.49. The van der Waals surface area contributed by atoms with E-state index < -0.39 is 4.92 Å². The van der Waals surface area contributed by atoms with E-state index >= 15 is 0 Å². The fourth-order valence-electron chi connectivity index (χ4n) is 2.27. The summed E-state index contributed by atoms with van der Waals surface area (Å²) in [6.07, 6.45) is 4.34. The molecule has 110 valence electrons. The van der Waals surface area contributed by atoms with Gasteiger partial charge in [-0.1, -0.05) is 13.8 Å². The number of aromatic nitrogens is 2. The molecule has 2 heterocycles. The molecule has 0 radical (unpaired) electrons. The van der Waals surface area contributed by atoms with Gasteiger partial charge in [-0.25, -0.2) is 4.98 Å². The molecule has 1 saturated heterocycles. The minimum absolute atomic E-state index is 0.0124. The van der Waals surface area contributed by atoms with Gasteiger partial charge in [-0.3, -0.25) is 10.1 Å². The summed E-state index contributed by atoms with van der Waals surface area (Å²) in [4.78, 5) is 21.1. The molecule has 0 unspecified atom stereocenters. The molecule has 2 rings (SSSR count). The van der Waals surface area contributed by atoms with Crippen LogP contribution in [0.15, 0.2) is 6.20 Å². The van der Waals surface area contributed by atoms with Crippen molar-refractivity contribution < 1.29 is 4.92 Å². The van der Waals surface area contributed by atoms with Gasteiger partial charge in [-0.05, 0) is 25.2 Å². The van der Waals surface area contributed by atoms with E-state index in [4.69, 9.17) is 0 Å². The number of nitrogens with zero attached hydrogens (tertiary/aromatic N) is 4. The molecule has 0 spiro atoms. The van der Waals surface area contributed by atoms with E-state index in [0.717, 1.165) is 38.9 Å². The van der Waals surface area contributed by atoms with Gasteiger partial charge >= 0.3 is 5.69 Å². The van der Waals surface area contributed by atoms with Crippen molar-refractivity contribution in [1.29, 1.82) is 0 Å². The zero-order valence-corrected chi connectivity index (χ0v) is 12.0. The Bertz CT molecular complexity index is 472. The molecule has 7 nitrogen and oxygen atoms in total. The first-order chi connectivity index (χ1) is 9.61. The van der Waals surface area contributed by atoms with Crippen LogP contribution >= 0.6 is 0 Å². The average molecular weight is 279 g/mol. The molecular weight excluding hydrogens is 258 g/mol. The van der Waals surface area contributed by atoms with Crippen LogP contribution in [0.1, 0.15) is 33.1 Å². The lowest BCUT2D eigenvalue weighted by Gasteiger charge is -2.30. The molecule has 1 aromatic heterocycles. The smallest absolute Gasteiger partial charge is 0.329 e. The summed E-state index contributed by atoms with van der Waals surface area (Å²) in [5.41, 5.74) is -0.0124. The van der Waals surface area contributed by atoms with Gasteiger partial charge in [0.15, 0.2) is 0 Å². The standard InChI is InChI=1S/C13H21N5O2/c1-3-6-14-13-15-9-11(18(19)20)12(16-13)17-7-4-10(2)5-8-17/h9-10H,3-8H2,1-2H3,(H,14,15,16). The van der Waals surface area contributed by atoms with Crippen LogP contribution in [0.5, 0.6) is 0 Å². The Balaban J connectivity index is 2.24. The van der Waals surface area contributed by atoms with Crippen LogP contribution < -0.4 is 10.2 Å². The Morgan fingerprint density at radius 1 is 1.50 bits per heavy atom. The summed E-state index contributed by atoms with van der Waals surface area (Å²) in [7, 11) is 0. The Hall–Kier alpha value is -1.92. The molecule has 0 aliphatic carbocycles. The van der Waals surface area contributed by atoms with Crippen molar-refractivity contribution in [2.75, 3.05) is 29.9 Å². The highest BCUT2D eigenvalue weighted by atomic mass is 16.6. The van der Waals surface area contributed by atoms with Gasteiger partial charge in [0.2, 0.25) is 11.8 Å². The Morgan fingerprint density at radius 2 is 2.20 bits per heavy atom. The summed E-state index contributed by atoms with van der Waals surface area (Å²) in [6, 6.07) is 0. The molecule has 0 aromatic carbocycles. The van der Waals surface area contributed by atoms with Crippen LogP contribution in [0.25, 0.3) is 0 Å². The van der Waals surface area contributed by atoms with E-state index in [2.05, 4.69) is 22.2 Å². The van der Waals surface area contributed by atoms with Crippen LogP contribution in [-0.4, -0.2) is 34.5 Å². The fraction of sp³-hybridized carbons (Fsp3) is 0.692. The Morgan fingerprint density at radius 3 is 2.80 bits per heavy atom. The van der Waals surface area contributed by atoms with E-state index in [0.29, 0.717) is 17.7 Å². The molecule has 1 fully saturated rings. The van der Waals surface area contributed by atoms with Gasteiger partial charge < -0.3 is 10.2 Å². The molecule has 1 aromatic rings. The van der Waals surface area contributed by atoms with Crippen LogP contribution in [-0.2, 0) is 0 Å². The molecule has 1 aliphatic rings. The van der Waals surface area contributed by atoms with Crippen LogP contribution in [0, 0.1) is 16.0 Å². The first-order valence-electron chi connectivity index (χ1n) is 7.12. The number of nitrogens with one attached hydrogen (secondary N) is 1. The van der Waals surface area contributed by atoms with Crippen molar-refractivity contribution >= 4 is 17.5 Å². The number of hydrogen-bond acceptors (Lipinski definition) is 6. The van der Waals surface area contributed by atoms with Gasteiger partial charge in [0.1, 0.15) is 6.20 Å². The van der Waals surface area contributed by atoms with Crippen molar-refractivity contribution in [3.8, 4) is 0 Å². The topological polar surface area (TPSA) is 84.2 Å². The molecule has 1 N–H and O–H groups in total. The number of hydrogen-bond donors (Lipinski definition) is 1. The number of anilines is 2. The maximum Gasteiger partial charge on any atom is 0.329 e. The second-order valence-electron chi connectivity index (χ2n) is 5.26. The van der Waals surface area contributed by atoms with Crippen molar-refractivity contribution in [3.63, 3.8) is 0 Å². The van der Waals surface area contributed by atoms with E-state index in [9.17, 15) is 10.1 Å². The number of nitro groups is 1. The van der Waals surface area contributed by atoms with Gasteiger partial charge in [0.05, 0.1) is 4.92 Å². The minimum atomic E-state index is -0.406. The third-order valence-electron chi connectivity index (χ3n) is 3.56. The molecule has 1 aliphatic heterocycles. The maximum absolute atomic E-state index is 11.1. The van der Waals surface area contributed by atoms with Crippen LogP contribution in [0.3, 0.4) is 0 Å². The third-order valence-corrected chi connectivity index (χ3v) is 3.56. The van der Waals surface area contributed by atoms with Gasteiger partial charge in [-0.2, -0.15) is 4.98 Å². The van der Waals surface area contributed by atoms with Gasteiger partial charge in [0, 0.05) is 19.6 Å². The molecule has 0 saturated carbocycles. The molecule has 0 bridgehead atoms. The molecular formula is C13H21N5O2. The van der Waals surface area contributed by atoms with Crippen LogP contribution in [0.2, 0.25) is 0 Å². The Labute approximate surface area is 118 Å². The van der Waals surface area contributed by atoms with Gasteiger partial charge in [-0.15, -0.1) is 0 Å². The minimum Gasteiger partial charge on any atom is -0.354 e. The molecule has 0 amide bonds. The summed E-state index contributed by atoms with van der Waals surface area (Å²) in [6.45, 7) is 6.64. The third kappa shape index (κ3) is 3.34. The van der Waals surface area contributed by atoms with E-state index in [1.165, 1.54) is 6.20 Å². The molecule has 20 heavy (non-hydrogen) atoms. The normalized spacial score (nSPS) is 16.2. The largest absolute Gasteiger partial charge is 0.354 e. The van der Waals surface area contributed by atoms with Crippen LogP contribution in [0.4, 0.5) is 17.5 Å². The summed E-state index contributed by atoms with van der Waals surface area (Å²) < 4.78 is 0. The lowest BCUT2D eigenvalue weighted by molar-refractivity contribution is -0.384. The maximum atomic E-state index is 11.1. The van der Waals surface area contributed by atoms with Crippen molar-refractivity contribution in [3.05, 3.63) is 16.3 Å². The quantitative estimate of drug-likeness (QED) is 0.658. The number of piperidine rings is 1. The Kier molecular flexibility index (Phi) is 4.70. The first kappa shape index (κ1) is 14.5. The lowest BCUT2D eigenvalue weighted by Crippen LogP contribution is -2.34. The SMILES string of the molecule is CCCNc1ncc([N+](=O)[O-])c(N2CCC(C)CC2)n1. The van der Waals surface area contributed by atoms with E-state index in [-0.39, 0.29) is 5.69 Å². The van der Waals surface area contributed by atoms with Crippen molar-refractivity contribution in [2.24, 2.45) is 5.92 Å². The highest BCUT2D eigenvalue weighted by Gasteiger charge is 2.25. The predicted octanol–water partition coefficient (Wildman–Crippen LogP) is 2.44. The predicted molar refractivity (Wildman–Crippen MR) is 78.1 cm³/mol. The van der Waals surface area contributed by atoms with E-state index in [1.54, 1.807) is 0 Å². The van der Waals surface area contributed by atoms with E-state index in [1.807, 2.05) is 11.8 Å². The fourth-order valence-corrected chi connectivity index (χ4v) is 2.27. The monoisotopic (exact) mass is 279 g/mol. The summed E-state index contributed by atoms with van der Waals surface area (Å²) in [5, 5.41) is 14.2. The molecule has 0 atom stereocenters. The van der Waals surface area contributed by atoms with Crippen molar-refractivity contribution in [1.82, 2.24) is 9.97 Å². The lowest BCUT2D eigenvalue weighted by atomic mass is 9.99. The van der Waals surface area contributed by atoms with Crippen molar-refractivity contribution in [2.45, 2.75) is 33.1 Å². The van der Waals surface area contributed by atoms with Gasteiger partial charge in [0.25, 0.3) is 0 Å². The highest BCUT2D eigenvalue weighted by Crippen LogP contribution is 2.29. The zero-order chi connectivity index (χ0) is 14.5. The number of rotatable bonds is 5. The highest BCUT2D eigenvalue weighted by molar-refractivity contribution is 5.59. The molecule has 7 heteroatoms. The first-order valence-corrected chi connectivity index (χ1v) is 7.12. The summed E-state index contributed by atoms with van der Waals surface area (Å²) >= 11 is 0. The summed E-state index contributed by atoms with van der Waals surface area (Å²) in [5.74, 6) is 1.58. The zero-order valence-electron chi connectivity index (χ0n) is 12.0.